The van der Waals surface area contributed by atoms with E-state index in [0.717, 1.165) is 0 Å². The monoisotopic (exact) mass is 286 g/mol. The highest BCUT2D eigenvalue weighted by atomic mass is 16.4. The van der Waals surface area contributed by atoms with Crippen LogP contribution in [0, 0.1) is 5.41 Å². The SMILES string of the molecule is CC(C)N(CCC(=O)O)C(=O)CNC(=O)CC(C)(C)C. The van der Waals surface area contributed by atoms with Gasteiger partial charge >= 0.3 is 5.97 Å². The van der Waals surface area contributed by atoms with Crippen molar-refractivity contribution < 1.29 is 19.5 Å². The Morgan fingerprint density at radius 2 is 1.75 bits per heavy atom. The lowest BCUT2D eigenvalue weighted by atomic mass is 9.92. The van der Waals surface area contributed by atoms with E-state index >= 15 is 0 Å². The minimum atomic E-state index is -0.944. The lowest BCUT2D eigenvalue weighted by molar-refractivity contribution is -0.139. The summed E-state index contributed by atoms with van der Waals surface area (Å²) in [6.07, 6.45) is 0.247. The van der Waals surface area contributed by atoms with Gasteiger partial charge in [0.05, 0.1) is 13.0 Å². The van der Waals surface area contributed by atoms with Crippen LogP contribution in [0.4, 0.5) is 0 Å². The Balaban J connectivity index is 4.33. The fourth-order valence-electron chi connectivity index (χ4n) is 1.71. The normalized spacial score (nSPS) is 11.3. The largest absolute Gasteiger partial charge is 0.481 e. The van der Waals surface area contributed by atoms with Crippen LogP contribution in [0.25, 0.3) is 0 Å². The number of carbonyl (C=O) groups is 3. The lowest BCUT2D eigenvalue weighted by Gasteiger charge is -2.26. The molecule has 0 fully saturated rings. The second-order valence-electron chi connectivity index (χ2n) is 6.34. The molecule has 6 nitrogen and oxygen atoms in total. The molecule has 0 saturated carbocycles. The number of carbonyl (C=O) groups excluding carboxylic acids is 2. The van der Waals surface area contributed by atoms with Crippen LogP contribution in [0.2, 0.25) is 0 Å². The van der Waals surface area contributed by atoms with Crippen LogP contribution >= 0.6 is 0 Å². The Kier molecular flexibility index (Phi) is 7.24. The summed E-state index contributed by atoms with van der Waals surface area (Å²) in [6.45, 7) is 9.53. The number of rotatable bonds is 7. The Morgan fingerprint density at radius 1 is 1.20 bits per heavy atom. The molecule has 0 unspecified atom stereocenters. The number of amides is 2. The van der Waals surface area contributed by atoms with Crippen molar-refractivity contribution in [3.8, 4) is 0 Å². The highest BCUT2D eigenvalue weighted by molar-refractivity contribution is 5.85. The molecule has 0 spiro atoms. The van der Waals surface area contributed by atoms with E-state index in [4.69, 9.17) is 5.11 Å². The molecule has 0 aliphatic carbocycles. The molecule has 116 valence electrons. The number of hydrogen-bond donors (Lipinski definition) is 2. The summed E-state index contributed by atoms with van der Waals surface area (Å²) in [5.74, 6) is -1.38. The molecule has 0 aliphatic heterocycles. The van der Waals surface area contributed by atoms with Gasteiger partial charge in [0.1, 0.15) is 0 Å². The zero-order valence-electron chi connectivity index (χ0n) is 13.0. The molecule has 20 heavy (non-hydrogen) atoms. The smallest absolute Gasteiger partial charge is 0.305 e. The van der Waals surface area contributed by atoms with Gasteiger partial charge in [-0.3, -0.25) is 14.4 Å². The molecular formula is C14H26N2O4. The van der Waals surface area contributed by atoms with E-state index in [2.05, 4.69) is 5.32 Å². The third kappa shape index (κ3) is 8.50. The van der Waals surface area contributed by atoms with Gasteiger partial charge in [-0.1, -0.05) is 20.8 Å². The Morgan fingerprint density at radius 3 is 2.15 bits per heavy atom. The minimum Gasteiger partial charge on any atom is -0.481 e. The highest BCUT2D eigenvalue weighted by Gasteiger charge is 2.20. The van der Waals surface area contributed by atoms with Crippen molar-refractivity contribution in [2.75, 3.05) is 13.1 Å². The van der Waals surface area contributed by atoms with E-state index in [-0.39, 0.29) is 42.8 Å². The van der Waals surface area contributed by atoms with Gasteiger partial charge in [0.2, 0.25) is 11.8 Å². The van der Waals surface area contributed by atoms with Gasteiger partial charge in [0, 0.05) is 19.0 Å². The van der Waals surface area contributed by atoms with Gasteiger partial charge in [0.25, 0.3) is 0 Å². The zero-order chi connectivity index (χ0) is 15.9. The Labute approximate surface area is 120 Å². The minimum absolute atomic E-state index is 0.0906. The second-order valence-corrected chi connectivity index (χ2v) is 6.34. The van der Waals surface area contributed by atoms with Crippen molar-refractivity contribution in [2.24, 2.45) is 5.41 Å². The van der Waals surface area contributed by atoms with Gasteiger partial charge in [-0.25, -0.2) is 0 Å². The number of nitrogens with zero attached hydrogens (tertiary/aromatic N) is 1. The number of carboxylic acids is 1. The molecule has 0 aliphatic rings. The molecule has 0 heterocycles. The number of carboxylic acid groups (broad SMARTS) is 1. The average molecular weight is 286 g/mol. The molecular weight excluding hydrogens is 260 g/mol. The summed E-state index contributed by atoms with van der Waals surface area (Å²) in [5, 5.41) is 11.2. The molecule has 0 aromatic heterocycles. The maximum atomic E-state index is 12.0. The van der Waals surface area contributed by atoms with Crippen molar-refractivity contribution in [1.82, 2.24) is 10.2 Å². The van der Waals surface area contributed by atoms with Crippen LogP contribution in [0.3, 0.4) is 0 Å². The first kappa shape index (κ1) is 18.4. The maximum Gasteiger partial charge on any atom is 0.305 e. The number of aliphatic carboxylic acids is 1. The van der Waals surface area contributed by atoms with E-state index in [1.165, 1.54) is 4.90 Å². The van der Waals surface area contributed by atoms with E-state index < -0.39 is 5.97 Å². The van der Waals surface area contributed by atoms with Gasteiger partial charge in [-0.05, 0) is 19.3 Å². The van der Waals surface area contributed by atoms with Gasteiger partial charge in [-0.2, -0.15) is 0 Å². The summed E-state index contributed by atoms with van der Waals surface area (Å²) in [6, 6.07) is -0.0960. The first-order valence-electron chi connectivity index (χ1n) is 6.81. The predicted octanol–water partition coefficient (Wildman–Crippen LogP) is 1.25. The molecule has 2 amide bonds. The van der Waals surface area contributed by atoms with Crippen LogP contribution in [0.5, 0.6) is 0 Å². The molecule has 6 heteroatoms. The summed E-state index contributed by atoms with van der Waals surface area (Å²) >= 11 is 0. The van der Waals surface area contributed by atoms with Gasteiger partial charge in [-0.15, -0.1) is 0 Å². The topological polar surface area (TPSA) is 86.7 Å². The van der Waals surface area contributed by atoms with Crippen LogP contribution < -0.4 is 5.32 Å². The first-order chi connectivity index (χ1) is 9.03. The molecule has 0 aromatic carbocycles. The summed E-state index contributed by atoms with van der Waals surface area (Å²) in [7, 11) is 0. The highest BCUT2D eigenvalue weighted by Crippen LogP contribution is 2.17. The molecule has 0 aromatic rings. The molecule has 2 N–H and O–H groups in total. The summed E-state index contributed by atoms with van der Waals surface area (Å²) in [4.78, 5) is 35.7. The third-order valence-corrected chi connectivity index (χ3v) is 2.64. The van der Waals surface area contributed by atoms with E-state index in [1.807, 2.05) is 34.6 Å². The lowest BCUT2D eigenvalue weighted by Crippen LogP contribution is -2.44. The average Bonchev–Trinajstić information content (AvgIpc) is 2.23. The van der Waals surface area contributed by atoms with Crippen molar-refractivity contribution in [3.05, 3.63) is 0 Å². The van der Waals surface area contributed by atoms with Crippen molar-refractivity contribution in [1.29, 1.82) is 0 Å². The Hall–Kier alpha value is -1.59. The van der Waals surface area contributed by atoms with Crippen LogP contribution in [-0.4, -0.2) is 46.9 Å². The standard InChI is InChI=1S/C14H26N2O4/c1-10(2)16(7-6-13(19)20)12(18)9-15-11(17)8-14(3,4)5/h10H,6-9H2,1-5H3,(H,15,17)(H,19,20). The maximum absolute atomic E-state index is 12.0. The Bertz CT molecular complexity index is 359. The molecule has 0 atom stereocenters. The fraction of sp³-hybridized carbons (Fsp3) is 0.786. The van der Waals surface area contributed by atoms with Crippen molar-refractivity contribution in [2.45, 2.75) is 53.5 Å². The second kappa shape index (κ2) is 7.87. The van der Waals surface area contributed by atoms with Crippen molar-refractivity contribution >= 4 is 17.8 Å². The molecule has 0 bridgehead atoms. The van der Waals surface area contributed by atoms with Crippen LogP contribution in [-0.2, 0) is 14.4 Å². The van der Waals surface area contributed by atoms with Crippen LogP contribution in [0.15, 0.2) is 0 Å². The number of hydrogen-bond acceptors (Lipinski definition) is 3. The fourth-order valence-corrected chi connectivity index (χ4v) is 1.71. The first-order valence-corrected chi connectivity index (χ1v) is 6.81. The van der Waals surface area contributed by atoms with Gasteiger partial charge < -0.3 is 15.3 Å². The van der Waals surface area contributed by atoms with E-state index in [1.54, 1.807) is 0 Å². The van der Waals surface area contributed by atoms with Crippen LogP contribution in [0.1, 0.15) is 47.5 Å². The molecule has 0 radical (unpaired) electrons. The quantitative estimate of drug-likeness (QED) is 0.737. The number of nitrogens with one attached hydrogen (secondary N) is 1. The summed E-state index contributed by atoms with van der Waals surface area (Å²) in [5.41, 5.74) is -0.131. The summed E-state index contributed by atoms with van der Waals surface area (Å²) < 4.78 is 0. The van der Waals surface area contributed by atoms with E-state index in [0.29, 0.717) is 6.42 Å². The third-order valence-electron chi connectivity index (χ3n) is 2.64. The zero-order valence-corrected chi connectivity index (χ0v) is 13.0. The van der Waals surface area contributed by atoms with Crippen molar-refractivity contribution in [3.63, 3.8) is 0 Å². The molecule has 0 rings (SSSR count). The van der Waals surface area contributed by atoms with E-state index in [9.17, 15) is 14.4 Å². The predicted molar refractivity (Wildman–Crippen MR) is 76.2 cm³/mol. The molecule has 0 saturated heterocycles. The van der Waals surface area contributed by atoms with Gasteiger partial charge in [0.15, 0.2) is 0 Å².